The van der Waals surface area contributed by atoms with E-state index in [-0.39, 0.29) is 11.8 Å². The van der Waals surface area contributed by atoms with Crippen molar-refractivity contribution in [2.24, 2.45) is 0 Å². The lowest BCUT2D eigenvalue weighted by molar-refractivity contribution is -0.120. The summed E-state index contributed by atoms with van der Waals surface area (Å²) in [5, 5.41) is 9.59. The van der Waals surface area contributed by atoms with Gasteiger partial charge in [-0.2, -0.15) is 0 Å². The molecule has 24 heavy (non-hydrogen) atoms. The lowest BCUT2D eigenvalue weighted by Gasteiger charge is -2.09. The van der Waals surface area contributed by atoms with Crippen LogP contribution >= 0.6 is 11.3 Å². The third-order valence-electron chi connectivity index (χ3n) is 3.68. The van der Waals surface area contributed by atoms with Crippen LogP contribution in [-0.2, 0) is 11.2 Å². The van der Waals surface area contributed by atoms with Crippen LogP contribution in [0, 0.1) is 0 Å². The number of amides is 2. The van der Waals surface area contributed by atoms with Gasteiger partial charge in [0.25, 0.3) is 5.91 Å². The summed E-state index contributed by atoms with van der Waals surface area (Å²) in [4.78, 5) is 25.2. The number of rotatable bonds is 6. The van der Waals surface area contributed by atoms with Crippen LogP contribution in [0.3, 0.4) is 0 Å². The fourth-order valence-electron chi connectivity index (χ4n) is 2.53. The summed E-state index contributed by atoms with van der Waals surface area (Å²) >= 11 is 1.56. The molecule has 0 spiro atoms. The maximum atomic E-state index is 12.3. The van der Waals surface area contributed by atoms with E-state index in [1.54, 1.807) is 11.3 Å². The second-order valence-corrected chi connectivity index (χ2v) is 6.42. The Labute approximate surface area is 144 Å². The fourth-order valence-corrected chi connectivity index (χ4v) is 3.23. The number of carbonyl (C=O) groups is 2. The van der Waals surface area contributed by atoms with Gasteiger partial charge in [-0.15, -0.1) is 11.3 Å². The molecular formula is C19H18N2O2S. The van der Waals surface area contributed by atoms with Crippen LogP contribution < -0.4 is 10.6 Å². The van der Waals surface area contributed by atoms with Gasteiger partial charge in [-0.25, -0.2) is 0 Å². The molecule has 0 aliphatic rings. The molecule has 1 heterocycles. The molecule has 2 N–H and O–H groups in total. The van der Waals surface area contributed by atoms with Gasteiger partial charge in [-0.05, 0) is 28.3 Å². The summed E-state index contributed by atoms with van der Waals surface area (Å²) in [7, 11) is 0. The van der Waals surface area contributed by atoms with Crippen LogP contribution in [0.5, 0.6) is 0 Å². The smallest absolute Gasteiger partial charge is 0.251 e. The standard InChI is InChI=1S/C19H18N2O2S/c22-18(13-15-7-4-12-24-15)20-10-11-21-19(23)17-9-3-6-14-5-1-2-8-16(14)17/h1-9,12H,10-11,13H2,(H,20,22)(H,21,23). The molecule has 0 bridgehead atoms. The van der Waals surface area contributed by atoms with Gasteiger partial charge in [0.2, 0.25) is 5.91 Å². The van der Waals surface area contributed by atoms with Gasteiger partial charge in [0.15, 0.2) is 0 Å². The zero-order valence-corrected chi connectivity index (χ0v) is 13.9. The number of fused-ring (bicyclic) bond motifs is 1. The van der Waals surface area contributed by atoms with Crippen molar-refractivity contribution in [2.75, 3.05) is 13.1 Å². The lowest BCUT2D eigenvalue weighted by Crippen LogP contribution is -2.35. The normalized spacial score (nSPS) is 10.5. The van der Waals surface area contributed by atoms with Gasteiger partial charge >= 0.3 is 0 Å². The van der Waals surface area contributed by atoms with Crippen LogP contribution in [0.15, 0.2) is 60.0 Å². The molecule has 2 aromatic carbocycles. The van der Waals surface area contributed by atoms with Crippen molar-refractivity contribution in [1.82, 2.24) is 10.6 Å². The highest BCUT2D eigenvalue weighted by atomic mass is 32.1. The highest BCUT2D eigenvalue weighted by Gasteiger charge is 2.09. The molecule has 0 fully saturated rings. The molecule has 5 heteroatoms. The average Bonchev–Trinajstić information content (AvgIpc) is 3.11. The predicted molar refractivity (Wildman–Crippen MR) is 97.3 cm³/mol. The summed E-state index contributed by atoms with van der Waals surface area (Å²) in [5.74, 6) is -0.156. The van der Waals surface area contributed by atoms with Gasteiger partial charge in [0, 0.05) is 23.5 Å². The SMILES string of the molecule is O=C(Cc1cccs1)NCCNC(=O)c1cccc2ccccc12. The van der Waals surface area contributed by atoms with Crippen LogP contribution in [-0.4, -0.2) is 24.9 Å². The van der Waals surface area contributed by atoms with E-state index in [9.17, 15) is 9.59 Å². The van der Waals surface area contributed by atoms with Crippen molar-refractivity contribution in [1.29, 1.82) is 0 Å². The van der Waals surface area contributed by atoms with Crippen molar-refractivity contribution in [3.05, 3.63) is 70.4 Å². The molecule has 2 amide bonds. The first-order valence-corrected chi connectivity index (χ1v) is 8.67. The first-order valence-electron chi connectivity index (χ1n) is 7.79. The van der Waals surface area contributed by atoms with Gasteiger partial charge in [0.1, 0.15) is 0 Å². The molecule has 0 unspecified atom stereocenters. The molecule has 0 saturated carbocycles. The van der Waals surface area contributed by atoms with E-state index in [0.717, 1.165) is 15.6 Å². The van der Waals surface area contributed by atoms with Gasteiger partial charge in [-0.3, -0.25) is 9.59 Å². The van der Waals surface area contributed by atoms with Crippen molar-refractivity contribution < 1.29 is 9.59 Å². The number of hydrogen-bond acceptors (Lipinski definition) is 3. The highest BCUT2D eigenvalue weighted by molar-refractivity contribution is 7.10. The van der Waals surface area contributed by atoms with Crippen molar-refractivity contribution in [3.8, 4) is 0 Å². The fraction of sp³-hybridized carbons (Fsp3) is 0.158. The topological polar surface area (TPSA) is 58.2 Å². The number of hydrogen-bond donors (Lipinski definition) is 2. The van der Waals surface area contributed by atoms with Crippen LogP contribution in [0.25, 0.3) is 10.8 Å². The van der Waals surface area contributed by atoms with E-state index in [1.165, 1.54) is 0 Å². The van der Waals surface area contributed by atoms with Gasteiger partial charge in [-0.1, -0.05) is 42.5 Å². The highest BCUT2D eigenvalue weighted by Crippen LogP contribution is 2.18. The molecule has 122 valence electrons. The number of benzene rings is 2. The Morgan fingerprint density at radius 2 is 1.67 bits per heavy atom. The zero-order chi connectivity index (χ0) is 16.8. The number of carbonyl (C=O) groups excluding carboxylic acids is 2. The molecule has 0 atom stereocenters. The lowest BCUT2D eigenvalue weighted by atomic mass is 10.0. The van der Waals surface area contributed by atoms with Crippen LogP contribution in [0.1, 0.15) is 15.2 Å². The minimum atomic E-state index is -0.126. The third kappa shape index (κ3) is 4.00. The monoisotopic (exact) mass is 338 g/mol. The third-order valence-corrected chi connectivity index (χ3v) is 4.56. The summed E-state index contributed by atoms with van der Waals surface area (Å²) in [6.07, 6.45) is 0.384. The number of nitrogens with one attached hydrogen (secondary N) is 2. The quantitative estimate of drug-likeness (QED) is 0.679. The second kappa shape index (κ2) is 7.75. The molecule has 4 nitrogen and oxygen atoms in total. The Morgan fingerprint density at radius 1 is 0.875 bits per heavy atom. The molecule has 1 aromatic heterocycles. The van der Waals surface area contributed by atoms with E-state index in [0.29, 0.717) is 25.1 Å². The Bertz CT molecular complexity index is 838. The molecule has 3 rings (SSSR count). The van der Waals surface area contributed by atoms with Crippen LogP contribution in [0.2, 0.25) is 0 Å². The van der Waals surface area contributed by atoms with Gasteiger partial charge < -0.3 is 10.6 Å². The Balaban J connectivity index is 1.49. The largest absolute Gasteiger partial charge is 0.354 e. The van der Waals surface area contributed by atoms with Crippen LogP contribution in [0.4, 0.5) is 0 Å². The number of thiophene rings is 1. The maximum absolute atomic E-state index is 12.3. The summed E-state index contributed by atoms with van der Waals surface area (Å²) in [6, 6.07) is 17.3. The van der Waals surface area contributed by atoms with E-state index in [4.69, 9.17) is 0 Å². The van der Waals surface area contributed by atoms with E-state index >= 15 is 0 Å². The zero-order valence-electron chi connectivity index (χ0n) is 13.1. The predicted octanol–water partition coefficient (Wildman–Crippen LogP) is 2.99. The van der Waals surface area contributed by atoms with Crippen molar-refractivity contribution in [2.45, 2.75) is 6.42 Å². The Kier molecular flexibility index (Phi) is 5.23. The summed E-state index contributed by atoms with van der Waals surface area (Å²) in [6.45, 7) is 0.818. The minimum Gasteiger partial charge on any atom is -0.354 e. The molecule has 3 aromatic rings. The molecule has 0 radical (unpaired) electrons. The molecule has 0 aliphatic carbocycles. The maximum Gasteiger partial charge on any atom is 0.251 e. The minimum absolute atomic E-state index is 0.0307. The van der Waals surface area contributed by atoms with Gasteiger partial charge in [0.05, 0.1) is 6.42 Å². The van der Waals surface area contributed by atoms with Crippen molar-refractivity contribution in [3.63, 3.8) is 0 Å². The first kappa shape index (κ1) is 16.2. The Hall–Kier alpha value is -2.66. The summed E-state index contributed by atoms with van der Waals surface area (Å²) in [5.41, 5.74) is 0.651. The second-order valence-electron chi connectivity index (χ2n) is 5.39. The van der Waals surface area contributed by atoms with E-state index in [1.807, 2.05) is 60.0 Å². The van der Waals surface area contributed by atoms with E-state index in [2.05, 4.69) is 10.6 Å². The molecule has 0 saturated heterocycles. The molecular weight excluding hydrogens is 320 g/mol. The Morgan fingerprint density at radius 3 is 2.50 bits per heavy atom. The summed E-state index contributed by atoms with van der Waals surface area (Å²) < 4.78 is 0. The van der Waals surface area contributed by atoms with Crippen molar-refractivity contribution >= 4 is 33.9 Å². The van der Waals surface area contributed by atoms with E-state index < -0.39 is 0 Å². The average molecular weight is 338 g/mol. The molecule has 0 aliphatic heterocycles. The first-order chi connectivity index (χ1) is 11.7.